The highest BCUT2D eigenvalue weighted by Crippen LogP contribution is 2.16. The fourth-order valence-electron chi connectivity index (χ4n) is 1.30. The number of alkyl halides is 2. The first kappa shape index (κ1) is 12.4. The quantitative estimate of drug-likeness (QED) is 0.794. The molecule has 0 unspecified atom stereocenters. The monoisotopic (exact) mass is 233 g/mol. The average Bonchev–Trinajstić information content (AvgIpc) is 2.45. The predicted molar refractivity (Wildman–Crippen MR) is 53.3 cm³/mol. The summed E-state index contributed by atoms with van der Waals surface area (Å²) in [5, 5.41) is 0. The molecule has 2 N–H and O–H groups in total. The minimum atomic E-state index is -2.55. The fraction of sp³-hybridized carbons (Fsp3) is 0.556. The van der Waals surface area contributed by atoms with Gasteiger partial charge in [0.05, 0.1) is 13.2 Å². The van der Waals surface area contributed by atoms with Crippen molar-refractivity contribution in [3.63, 3.8) is 0 Å². The molecule has 0 aliphatic heterocycles. The van der Waals surface area contributed by atoms with Gasteiger partial charge in [0, 0.05) is 0 Å². The normalized spacial score (nSPS) is 10.8. The van der Waals surface area contributed by atoms with Gasteiger partial charge in [-0.2, -0.15) is 0 Å². The molecule has 0 saturated heterocycles. The molecule has 0 aliphatic carbocycles. The van der Waals surface area contributed by atoms with Crippen LogP contribution in [0.2, 0.25) is 0 Å². The van der Waals surface area contributed by atoms with Crippen molar-refractivity contribution in [2.45, 2.75) is 26.8 Å². The van der Waals surface area contributed by atoms with E-state index in [4.69, 9.17) is 10.5 Å². The van der Waals surface area contributed by atoms with Gasteiger partial charge in [0.15, 0.2) is 5.69 Å². The lowest BCUT2D eigenvalue weighted by Gasteiger charge is -2.06. The van der Waals surface area contributed by atoms with Crippen LogP contribution in [0.1, 0.15) is 23.2 Å². The van der Waals surface area contributed by atoms with E-state index >= 15 is 0 Å². The van der Waals surface area contributed by atoms with E-state index in [1.54, 1.807) is 6.92 Å². The zero-order valence-corrected chi connectivity index (χ0v) is 9.04. The average molecular weight is 233 g/mol. The fourth-order valence-corrected chi connectivity index (χ4v) is 1.30. The number of carbonyl (C=O) groups excluding carboxylic acids is 1. The maximum Gasteiger partial charge on any atom is 0.360 e. The van der Waals surface area contributed by atoms with Gasteiger partial charge in [0.1, 0.15) is 11.6 Å². The number of ether oxygens (including phenoxy) is 1. The molecule has 0 spiro atoms. The van der Waals surface area contributed by atoms with Crippen LogP contribution in [-0.2, 0) is 11.3 Å². The standard InChI is InChI=1S/C9H13F2N3O2/c1-3-16-9(15)7-8(12)14(4-6(10)11)5(2)13-7/h6H,3-4,12H2,1-2H3. The Labute approximate surface area is 91.2 Å². The first-order valence-electron chi connectivity index (χ1n) is 4.75. The Hall–Kier alpha value is -1.66. The molecule has 1 aromatic heterocycles. The Morgan fingerprint density at radius 3 is 2.75 bits per heavy atom. The van der Waals surface area contributed by atoms with Crippen molar-refractivity contribution in [3.8, 4) is 0 Å². The largest absolute Gasteiger partial charge is 0.461 e. The van der Waals surface area contributed by atoms with Crippen molar-refractivity contribution < 1.29 is 18.3 Å². The molecule has 0 fully saturated rings. The number of carbonyl (C=O) groups is 1. The zero-order chi connectivity index (χ0) is 12.3. The van der Waals surface area contributed by atoms with Gasteiger partial charge in [0.2, 0.25) is 0 Å². The molecular formula is C9H13F2N3O2. The lowest BCUT2D eigenvalue weighted by atomic mass is 10.4. The minimum Gasteiger partial charge on any atom is -0.461 e. The molecule has 0 saturated carbocycles. The summed E-state index contributed by atoms with van der Waals surface area (Å²) in [5.74, 6) is -0.520. The topological polar surface area (TPSA) is 70.1 Å². The number of nitrogen functional groups attached to an aromatic ring is 1. The number of anilines is 1. The van der Waals surface area contributed by atoms with Crippen molar-refractivity contribution in [2.24, 2.45) is 0 Å². The summed E-state index contributed by atoms with van der Waals surface area (Å²) in [6.07, 6.45) is -2.55. The van der Waals surface area contributed by atoms with Gasteiger partial charge in [-0.25, -0.2) is 18.6 Å². The molecule has 7 heteroatoms. The number of rotatable bonds is 4. The molecule has 5 nitrogen and oxygen atoms in total. The lowest BCUT2D eigenvalue weighted by molar-refractivity contribution is 0.0521. The van der Waals surface area contributed by atoms with Gasteiger partial charge < -0.3 is 15.0 Å². The predicted octanol–water partition coefficient (Wildman–Crippen LogP) is 1.22. The Bertz CT molecular complexity index is 390. The number of esters is 1. The van der Waals surface area contributed by atoms with Crippen LogP contribution in [-0.4, -0.2) is 28.6 Å². The van der Waals surface area contributed by atoms with Crippen molar-refractivity contribution in [1.82, 2.24) is 9.55 Å². The third-order valence-corrected chi connectivity index (χ3v) is 1.99. The third-order valence-electron chi connectivity index (χ3n) is 1.99. The molecule has 0 aliphatic rings. The number of imidazole rings is 1. The lowest BCUT2D eigenvalue weighted by Crippen LogP contribution is -2.13. The minimum absolute atomic E-state index is 0.0868. The molecule has 0 atom stereocenters. The van der Waals surface area contributed by atoms with Crippen molar-refractivity contribution >= 4 is 11.8 Å². The van der Waals surface area contributed by atoms with Gasteiger partial charge in [-0.15, -0.1) is 0 Å². The Kier molecular flexibility index (Phi) is 3.81. The molecule has 0 aromatic carbocycles. The van der Waals surface area contributed by atoms with E-state index in [0.717, 1.165) is 4.57 Å². The second-order valence-corrected chi connectivity index (χ2v) is 3.12. The Morgan fingerprint density at radius 2 is 2.25 bits per heavy atom. The number of halogens is 2. The third kappa shape index (κ3) is 2.47. The molecular weight excluding hydrogens is 220 g/mol. The van der Waals surface area contributed by atoms with E-state index in [0.29, 0.717) is 0 Å². The maximum atomic E-state index is 12.2. The van der Waals surface area contributed by atoms with Crippen molar-refractivity contribution in [3.05, 3.63) is 11.5 Å². The van der Waals surface area contributed by atoms with Crippen LogP contribution in [0.3, 0.4) is 0 Å². The number of nitrogens with two attached hydrogens (primary N) is 1. The van der Waals surface area contributed by atoms with E-state index in [9.17, 15) is 13.6 Å². The van der Waals surface area contributed by atoms with E-state index in [1.807, 2.05) is 0 Å². The van der Waals surface area contributed by atoms with Crippen LogP contribution in [0.15, 0.2) is 0 Å². The van der Waals surface area contributed by atoms with Crippen LogP contribution in [0.25, 0.3) is 0 Å². The molecule has 1 rings (SSSR count). The van der Waals surface area contributed by atoms with Crippen LogP contribution in [0, 0.1) is 6.92 Å². The SMILES string of the molecule is CCOC(=O)c1nc(C)n(CC(F)F)c1N. The summed E-state index contributed by atoms with van der Waals surface area (Å²) in [6, 6.07) is 0. The maximum absolute atomic E-state index is 12.2. The molecule has 0 radical (unpaired) electrons. The summed E-state index contributed by atoms with van der Waals surface area (Å²) in [7, 11) is 0. The number of hydrogen-bond donors (Lipinski definition) is 1. The smallest absolute Gasteiger partial charge is 0.360 e. The highest BCUT2D eigenvalue weighted by molar-refractivity contribution is 5.92. The van der Waals surface area contributed by atoms with Gasteiger partial charge in [0.25, 0.3) is 6.43 Å². The first-order valence-corrected chi connectivity index (χ1v) is 4.75. The van der Waals surface area contributed by atoms with E-state index in [2.05, 4.69) is 4.98 Å². The van der Waals surface area contributed by atoms with E-state index < -0.39 is 18.9 Å². The van der Waals surface area contributed by atoms with Crippen LogP contribution < -0.4 is 5.73 Å². The highest BCUT2D eigenvalue weighted by Gasteiger charge is 2.21. The summed E-state index contributed by atoms with van der Waals surface area (Å²) in [6.45, 7) is 2.74. The zero-order valence-electron chi connectivity index (χ0n) is 9.04. The summed E-state index contributed by atoms with van der Waals surface area (Å²) < 4.78 is 30.2. The van der Waals surface area contributed by atoms with Gasteiger partial charge >= 0.3 is 5.97 Å². The molecule has 16 heavy (non-hydrogen) atoms. The molecule has 0 bridgehead atoms. The summed E-state index contributed by atoms with van der Waals surface area (Å²) in [4.78, 5) is 15.2. The summed E-state index contributed by atoms with van der Waals surface area (Å²) >= 11 is 0. The van der Waals surface area contributed by atoms with Crippen LogP contribution in [0.5, 0.6) is 0 Å². The van der Waals surface area contributed by atoms with Crippen LogP contribution in [0.4, 0.5) is 14.6 Å². The Morgan fingerprint density at radius 1 is 1.62 bits per heavy atom. The molecule has 0 amide bonds. The number of aryl methyl sites for hydroxylation is 1. The van der Waals surface area contributed by atoms with Gasteiger partial charge in [-0.3, -0.25) is 0 Å². The number of aromatic nitrogens is 2. The molecule has 1 heterocycles. The molecule has 1 aromatic rings. The first-order chi connectivity index (χ1) is 7.47. The Balaban J connectivity index is 3.01. The second-order valence-electron chi connectivity index (χ2n) is 3.12. The second kappa shape index (κ2) is 4.91. The summed E-state index contributed by atoms with van der Waals surface area (Å²) in [5.41, 5.74) is 5.44. The van der Waals surface area contributed by atoms with E-state index in [-0.39, 0.29) is 23.9 Å². The van der Waals surface area contributed by atoms with Gasteiger partial charge in [-0.1, -0.05) is 0 Å². The highest BCUT2D eigenvalue weighted by atomic mass is 19.3. The van der Waals surface area contributed by atoms with Crippen molar-refractivity contribution in [1.29, 1.82) is 0 Å². The van der Waals surface area contributed by atoms with Crippen LogP contribution >= 0.6 is 0 Å². The van der Waals surface area contributed by atoms with Crippen molar-refractivity contribution in [2.75, 3.05) is 12.3 Å². The number of nitrogens with zero attached hydrogens (tertiary/aromatic N) is 2. The van der Waals surface area contributed by atoms with Gasteiger partial charge in [-0.05, 0) is 13.8 Å². The number of hydrogen-bond acceptors (Lipinski definition) is 4. The molecule has 90 valence electrons. The van der Waals surface area contributed by atoms with E-state index in [1.165, 1.54) is 6.92 Å².